The fourth-order valence-corrected chi connectivity index (χ4v) is 2.28. The van der Waals surface area contributed by atoms with Crippen LogP contribution >= 0.6 is 0 Å². The van der Waals surface area contributed by atoms with Gasteiger partial charge < -0.3 is 14.5 Å². The first kappa shape index (κ1) is 12.5. The van der Waals surface area contributed by atoms with Gasteiger partial charge in [0.2, 0.25) is 0 Å². The summed E-state index contributed by atoms with van der Waals surface area (Å²) in [4.78, 5) is 3.21. The molecule has 0 aliphatic heterocycles. The minimum absolute atomic E-state index is 0.231. The van der Waals surface area contributed by atoms with Crippen LogP contribution < -0.4 is 9.47 Å². The third kappa shape index (κ3) is 1.99. The van der Waals surface area contributed by atoms with Gasteiger partial charge in [0, 0.05) is 22.2 Å². The van der Waals surface area contributed by atoms with Crippen molar-refractivity contribution < 1.29 is 13.9 Å². The van der Waals surface area contributed by atoms with Gasteiger partial charge in [-0.25, -0.2) is 4.39 Å². The first-order valence-electron chi connectivity index (χ1n) is 6.22. The maximum absolute atomic E-state index is 13.7. The van der Waals surface area contributed by atoms with Gasteiger partial charge in [0.15, 0.2) is 11.5 Å². The van der Waals surface area contributed by atoms with Gasteiger partial charge in [-0.15, -0.1) is 0 Å². The van der Waals surface area contributed by atoms with Crippen molar-refractivity contribution in [2.45, 2.75) is 0 Å². The Morgan fingerprint density at radius 2 is 1.75 bits per heavy atom. The minimum atomic E-state index is -0.231. The van der Waals surface area contributed by atoms with E-state index in [1.165, 1.54) is 6.07 Å². The monoisotopic (exact) mass is 271 g/mol. The maximum atomic E-state index is 13.7. The molecule has 0 unspecified atom stereocenters. The first-order valence-corrected chi connectivity index (χ1v) is 6.22. The summed E-state index contributed by atoms with van der Waals surface area (Å²) in [5.74, 6) is 1.08. The molecule has 0 bridgehead atoms. The van der Waals surface area contributed by atoms with Gasteiger partial charge in [-0.1, -0.05) is 6.07 Å². The SMILES string of the molecule is COc1ccc(-c2cc3c(F)cccc3[nH]2)cc1OC. The summed E-state index contributed by atoms with van der Waals surface area (Å²) >= 11 is 0. The van der Waals surface area contributed by atoms with E-state index in [4.69, 9.17) is 9.47 Å². The number of fused-ring (bicyclic) bond motifs is 1. The van der Waals surface area contributed by atoms with E-state index in [2.05, 4.69) is 4.98 Å². The van der Waals surface area contributed by atoms with E-state index in [9.17, 15) is 4.39 Å². The van der Waals surface area contributed by atoms with Crippen molar-refractivity contribution in [3.05, 3.63) is 48.3 Å². The smallest absolute Gasteiger partial charge is 0.161 e. The van der Waals surface area contributed by atoms with Crippen molar-refractivity contribution >= 4 is 10.9 Å². The minimum Gasteiger partial charge on any atom is -0.493 e. The van der Waals surface area contributed by atoms with Crippen LogP contribution in [0.3, 0.4) is 0 Å². The molecule has 3 aromatic rings. The van der Waals surface area contributed by atoms with E-state index >= 15 is 0 Å². The quantitative estimate of drug-likeness (QED) is 0.781. The summed E-state index contributed by atoms with van der Waals surface area (Å²) in [6.07, 6.45) is 0. The Balaban J connectivity index is 2.13. The fraction of sp³-hybridized carbons (Fsp3) is 0.125. The molecule has 0 atom stereocenters. The van der Waals surface area contributed by atoms with Gasteiger partial charge in [-0.05, 0) is 36.4 Å². The zero-order valence-corrected chi connectivity index (χ0v) is 11.2. The van der Waals surface area contributed by atoms with Crippen LogP contribution in [0.15, 0.2) is 42.5 Å². The number of hydrogen-bond acceptors (Lipinski definition) is 2. The average Bonchev–Trinajstić information content (AvgIpc) is 2.92. The van der Waals surface area contributed by atoms with Crippen LogP contribution in [0.5, 0.6) is 11.5 Å². The second-order valence-corrected chi connectivity index (χ2v) is 4.45. The van der Waals surface area contributed by atoms with Crippen LogP contribution in [0.2, 0.25) is 0 Å². The van der Waals surface area contributed by atoms with Crippen LogP contribution in [0.1, 0.15) is 0 Å². The number of nitrogens with one attached hydrogen (secondary N) is 1. The standard InChI is InChI=1S/C16H14FNO2/c1-19-15-7-6-10(8-16(15)20-2)14-9-11-12(17)4-3-5-13(11)18-14/h3-9,18H,1-2H3. The predicted octanol–water partition coefficient (Wildman–Crippen LogP) is 3.99. The Hall–Kier alpha value is -2.49. The van der Waals surface area contributed by atoms with E-state index in [0.29, 0.717) is 16.9 Å². The molecular weight excluding hydrogens is 257 g/mol. The number of halogens is 1. The molecule has 0 fully saturated rings. The van der Waals surface area contributed by atoms with Gasteiger partial charge in [-0.2, -0.15) is 0 Å². The van der Waals surface area contributed by atoms with E-state index in [1.54, 1.807) is 26.4 Å². The van der Waals surface area contributed by atoms with Crippen LogP contribution in [0, 0.1) is 5.82 Å². The van der Waals surface area contributed by atoms with Gasteiger partial charge in [-0.3, -0.25) is 0 Å². The second kappa shape index (κ2) is 4.89. The summed E-state index contributed by atoms with van der Waals surface area (Å²) < 4.78 is 24.2. The lowest BCUT2D eigenvalue weighted by molar-refractivity contribution is 0.355. The molecule has 4 heteroatoms. The molecule has 1 aromatic heterocycles. The lowest BCUT2D eigenvalue weighted by Crippen LogP contribution is -1.90. The lowest BCUT2D eigenvalue weighted by atomic mass is 10.1. The van der Waals surface area contributed by atoms with Crippen LogP contribution in [0.4, 0.5) is 4.39 Å². The van der Waals surface area contributed by atoms with Crippen molar-refractivity contribution in [3.8, 4) is 22.8 Å². The number of methoxy groups -OCH3 is 2. The van der Waals surface area contributed by atoms with Crippen LogP contribution in [-0.4, -0.2) is 19.2 Å². The Morgan fingerprint density at radius 3 is 2.45 bits per heavy atom. The van der Waals surface area contributed by atoms with Crippen molar-refractivity contribution in [1.29, 1.82) is 0 Å². The summed E-state index contributed by atoms with van der Waals surface area (Å²) in [6.45, 7) is 0. The Kier molecular flexibility index (Phi) is 3.06. The third-order valence-electron chi connectivity index (χ3n) is 3.31. The lowest BCUT2D eigenvalue weighted by Gasteiger charge is -2.08. The van der Waals surface area contributed by atoms with Crippen molar-refractivity contribution in [1.82, 2.24) is 4.98 Å². The highest BCUT2D eigenvalue weighted by atomic mass is 19.1. The fourth-order valence-electron chi connectivity index (χ4n) is 2.28. The molecule has 2 aromatic carbocycles. The molecule has 0 saturated carbocycles. The van der Waals surface area contributed by atoms with Crippen molar-refractivity contribution in [2.24, 2.45) is 0 Å². The van der Waals surface area contributed by atoms with Crippen molar-refractivity contribution in [2.75, 3.05) is 14.2 Å². The highest BCUT2D eigenvalue weighted by Gasteiger charge is 2.10. The summed E-state index contributed by atoms with van der Waals surface area (Å²) in [6, 6.07) is 12.4. The predicted molar refractivity (Wildman–Crippen MR) is 76.8 cm³/mol. The summed E-state index contributed by atoms with van der Waals surface area (Å²) in [5.41, 5.74) is 2.53. The Bertz CT molecular complexity index is 764. The maximum Gasteiger partial charge on any atom is 0.161 e. The van der Waals surface area contributed by atoms with Crippen molar-refractivity contribution in [3.63, 3.8) is 0 Å². The molecule has 0 aliphatic rings. The third-order valence-corrected chi connectivity index (χ3v) is 3.31. The molecule has 1 N–H and O–H groups in total. The molecule has 0 aliphatic carbocycles. The van der Waals surface area contributed by atoms with Gasteiger partial charge >= 0.3 is 0 Å². The second-order valence-electron chi connectivity index (χ2n) is 4.45. The van der Waals surface area contributed by atoms with Gasteiger partial charge in [0.05, 0.1) is 14.2 Å². The molecule has 3 nitrogen and oxygen atoms in total. The zero-order valence-electron chi connectivity index (χ0n) is 11.2. The number of rotatable bonds is 3. The molecule has 0 saturated heterocycles. The molecule has 0 radical (unpaired) electrons. The van der Waals surface area contributed by atoms with E-state index in [-0.39, 0.29) is 5.82 Å². The van der Waals surface area contributed by atoms with Gasteiger partial charge in [0.25, 0.3) is 0 Å². The molecule has 0 spiro atoms. The first-order chi connectivity index (χ1) is 9.72. The zero-order chi connectivity index (χ0) is 14.1. The number of hydrogen-bond donors (Lipinski definition) is 1. The molecule has 102 valence electrons. The van der Waals surface area contributed by atoms with E-state index in [0.717, 1.165) is 16.8 Å². The van der Waals surface area contributed by atoms with E-state index < -0.39 is 0 Å². The topological polar surface area (TPSA) is 34.2 Å². The van der Waals surface area contributed by atoms with Crippen LogP contribution in [0.25, 0.3) is 22.2 Å². The number of aromatic nitrogens is 1. The Morgan fingerprint density at radius 1 is 0.950 bits per heavy atom. The largest absolute Gasteiger partial charge is 0.493 e. The summed E-state index contributed by atoms with van der Waals surface area (Å²) in [5, 5.41) is 0.581. The number of aromatic amines is 1. The van der Waals surface area contributed by atoms with Gasteiger partial charge in [0.1, 0.15) is 5.82 Å². The Labute approximate surface area is 116 Å². The molecule has 20 heavy (non-hydrogen) atoms. The number of benzene rings is 2. The highest BCUT2D eigenvalue weighted by molar-refractivity contribution is 5.86. The van der Waals surface area contributed by atoms with E-state index in [1.807, 2.05) is 24.3 Å². The number of ether oxygens (including phenoxy) is 2. The highest BCUT2D eigenvalue weighted by Crippen LogP contribution is 2.33. The normalized spacial score (nSPS) is 10.8. The molecule has 1 heterocycles. The summed E-state index contributed by atoms with van der Waals surface area (Å²) in [7, 11) is 3.18. The molecular formula is C16H14FNO2. The average molecular weight is 271 g/mol. The number of H-pyrrole nitrogens is 1. The van der Waals surface area contributed by atoms with Crippen LogP contribution in [-0.2, 0) is 0 Å². The molecule has 3 rings (SSSR count). The molecule has 0 amide bonds.